The Kier molecular flexibility index (Phi) is 8.62. The van der Waals surface area contributed by atoms with E-state index in [9.17, 15) is 14.4 Å². The fourth-order valence-corrected chi connectivity index (χ4v) is 7.58. The number of carbonyl (C=O) groups excluding carboxylic acids is 3. The number of allylic oxidation sites excluding steroid dienone is 4. The number of Topliss-reactive ketones (excluding diaryl/α,β-unsaturated/α-hetero) is 2. The van der Waals surface area contributed by atoms with Gasteiger partial charge >= 0.3 is 0 Å². The van der Waals surface area contributed by atoms with Gasteiger partial charge in [0.1, 0.15) is 0 Å². The standard InChI is InChI=1S/C36H43BrN2O5/c1-9-39-25-15-35(4,5)17-27(40)32(25)31(33-26(39)16-36(6,7)18-28(33)41)22-13-23(37)34(29(14-22)43-8)44-19-30(42)38-24-12-20(2)10-11-21(24)3/h10-14,31H,9,15-19H2,1-8H3,(H,38,42). The summed E-state index contributed by atoms with van der Waals surface area (Å²) in [6.45, 7) is 15.0. The molecule has 3 aliphatic rings. The molecule has 1 heterocycles. The number of ketones is 2. The number of rotatable bonds is 7. The van der Waals surface area contributed by atoms with Crippen molar-refractivity contribution in [1.29, 1.82) is 0 Å². The van der Waals surface area contributed by atoms with E-state index in [4.69, 9.17) is 9.47 Å². The van der Waals surface area contributed by atoms with E-state index in [1.165, 1.54) is 0 Å². The van der Waals surface area contributed by atoms with Gasteiger partial charge in [-0.1, -0.05) is 39.8 Å². The van der Waals surface area contributed by atoms with Crippen LogP contribution in [0, 0.1) is 24.7 Å². The summed E-state index contributed by atoms with van der Waals surface area (Å²) in [6, 6.07) is 9.65. The summed E-state index contributed by atoms with van der Waals surface area (Å²) in [5, 5.41) is 2.92. The summed E-state index contributed by atoms with van der Waals surface area (Å²) in [4.78, 5) is 43.0. The first-order valence-corrected chi connectivity index (χ1v) is 16.1. The maximum atomic E-state index is 13.9. The van der Waals surface area contributed by atoms with Gasteiger partial charge in [-0.05, 0) is 95.3 Å². The third kappa shape index (κ3) is 6.10. The zero-order chi connectivity index (χ0) is 32.1. The van der Waals surface area contributed by atoms with Crippen molar-refractivity contribution in [3.05, 3.63) is 74.0 Å². The van der Waals surface area contributed by atoms with Crippen molar-refractivity contribution in [2.24, 2.45) is 10.8 Å². The van der Waals surface area contributed by atoms with Gasteiger partial charge in [0.2, 0.25) is 0 Å². The fraction of sp³-hybridized carbons (Fsp3) is 0.472. The largest absolute Gasteiger partial charge is 0.493 e. The van der Waals surface area contributed by atoms with Crippen LogP contribution in [0.2, 0.25) is 0 Å². The molecule has 0 unspecified atom stereocenters. The summed E-state index contributed by atoms with van der Waals surface area (Å²) in [7, 11) is 1.55. The first kappa shape index (κ1) is 32.0. The van der Waals surface area contributed by atoms with Crippen LogP contribution in [0.1, 0.15) is 82.9 Å². The van der Waals surface area contributed by atoms with Gasteiger partial charge in [-0.15, -0.1) is 0 Å². The fourth-order valence-electron chi connectivity index (χ4n) is 7.00. The Bertz CT molecular complexity index is 1560. The van der Waals surface area contributed by atoms with E-state index < -0.39 is 5.92 Å². The van der Waals surface area contributed by atoms with Crippen LogP contribution < -0.4 is 14.8 Å². The zero-order valence-electron chi connectivity index (χ0n) is 27.1. The van der Waals surface area contributed by atoms with Crippen molar-refractivity contribution >= 4 is 39.1 Å². The van der Waals surface area contributed by atoms with Crippen LogP contribution in [-0.2, 0) is 14.4 Å². The molecule has 1 amide bonds. The predicted molar refractivity (Wildman–Crippen MR) is 176 cm³/mol. The number of anilines is 1. The molecule has 8 heteroatoms. The van der Waals surface area contributed by atoms with E-state index in [1.54, 1.807) is 7.11 Å². The molecule has 0 atom stereocenters. The molecule has 0 saturated carbocycles. The minimum Gasteiger partial charge on any atom is -0.493 e. The first-order valence-electron chi connectivity index (χ1n) is 15.3. The number of hydrogen-bond donors (Lipinski definition) is 1. The minimum absolute atomic E-state index is 0.0856. The molecule has 0 radical (unpaired) electrons. The number of ether oxygens (including phenoxy) is 2. The quantitative estimate of drug-likeness (QED) is 0.326. The molecule has 0 fully saturated rings. The third-order valence-corrected chi connectivity index (χ3v) is 9.53. The molecule has 44 heavy (non-hydrogen) atoms. The van der Waals surface area contributed by atoms with E-state index in [-0.39, 0.29) is 34.9 Å². The summed E-state index contributed by atoms with van der Waals surface area (Å²) < 4.78 is 12.4. The lowest BCUT2D eigenvalue weighted by atomic mass is 9.63. The SMILES string of the molecule is CCN1C2=C(C(=O)CC(C)(C)C2)C(c2cc(Br)c(OCC(=O)Nc3cc(C)ccc3C)c(OC)c2)C2=C1CC(C)(C)CC2=O. The van der Waals surface area contributed by atoms with Crippen LogP contribution in [0.4, 0.5) is 5.69 Å². The van der Waals surface area contributed by atoms with Gasteiger partial charge in [0.15, 0.2) is 29.7 Å². The number of nitrogens with one attached hydrogen (secondary N) is 1. The molecule has 2 aromatic carbocycles. The average molecular weight is 664 g/mol. The third-order valence-electron chi connectivity index (χ3n) is 8.94. The lowest BCUT2D eigenvalue weighted by Gasteiger charge is -2.49. The molecule has 0 bridgehead atoms. The minimum atomic E-state index is -0.498. The van der Waals surface area contributed by atoms with Crippen LogP contribution in [0.15, 0.2) is 57.3 Å². The van der Waals surface area contributed by atoms with Crippen molar-refractivity contribution in [3.8, 4) is 11.5 Å². The second-order valence-electron chi connectivity index (χ2n) is 14.0. The van der Waals surface area contributed by atoms with Crippen molar-refractivity contribution < 1.29 is 23.9 Å². The highest BCUT2D eigenvalue weighted by atomic mass is 79.9. The Hall–Kier alpha value is -3.39. The molecule has 234 valence electrons. The Morgan fingerprint density at radius 3 is 2.09 bits per heavy atom. The molecule has 1 aliphatic heterocycles. The van der Waals surface area contributed by atoms with E-state index >= 15 is 0 Å². The van der Waals surface area contributed by atoms with E-state index in [0.717, 1.165) is 46.6 Å². The molecular weight excluding hydrogens is 620 g/mol. The number of amides is 1. The lowest BCUT2D eigenvalue weighted by molar-refractivity contribution is -0.120. The Balaban J connectivity index is 1.54. The van der Waals surface area contributed by atoms with Crippen LogP contribution in [-0.4, -0.2) is 42.6 Å². The number of methoxy groups -OCH3 is 1. The topological polar surface area (TPSA) is 84.9 Å². The van der Waals surface area contributed by atoms with Crippen LogP contribution in [0.3, 0.4) is 0 Å². The van der Waals surface area contributed by atoms with Crippen LogP contribution >= 0.6 is 15.9 Å². The average Bonchev–Trinajstić information content (AvgIpc) is 2.91. The lowest BCUT2D eigenvalue weighted by Crippen LogP contribution is -2.44. The summed E-state index contributed by atoms with van der Waals surface area (Å²) in [5.74, 6) is 0.183. The normalized spacial score (nSPS) is 19.5. The number of hydrogen-bond acceptors (Lipinski definition) is 6. The molecule has 7 nitrogen and oxygen atoms in total. The number of aryl methyl sites for hydroxylation is 2. The number of benzene rings is 2. The maximum absolute atomic E-state index is 13.9. The van der Waals surface area contributed by atoms with E-state index in [0.29, 0.717) is 46.5 Å². The van der Waals surface area contributed by atoms with Gasteiger partial charge in [-0.2, -0.15) is 0 Å². The number of nitrogens with zero attached hydrogens (tertiary/aromatic N) is 1. The van der Waals surface area contributed by atoms with Crippen molar-refractivity contribution in [2.75, 3.05) is 25.6 Å². The monoisotopic (exact) mass is 662 g/mol. The second-order valence-corrected chi connectivity index (χ2v) is 14.8. The molecular formula is C36H43BrN2O5. The predicted octanol–water partition coefficient (Wildman–Crippen LogP) is 7.80. The number of carbonyl (C=O) groups is 3. The Labute approximate surface area is 269 Å². The summed E-state index contributed by atoms with van der Waals surface area (Å²) in [6.07, 6.45) is 2.38. The van der Waals surface area contributed by atoms with Gasteiger partial charge in [0, 0.05) is 53.5 Å². The number of halogens is 1. The van der Waals surface area contributed by atoms with Crippen molar-refractivity contribution in [2.45, 2.75) is 80.1 Å². The highest BCUT2D eigenvalue weighted by Crippen LogP contribution is 2.55. The summed E-state index contributed by atoms with van der Waals surface area (Å²) in [5.41, 5.74) is 6.69. The van der Waals surface area contributed by atoms with Gasteiger partial charge in [0.25, 0.3) is 5.91 Å². The summed E-state index contributed by atoms with van der Waals surface area (Å²) >= 11 is 3.66. The van der Waals surface area contributed by atoms with Gasteiger partial charge in [-0.3, -0.25) is 14.4 Å². The van der Waals surface area contributed by atoms with Crippen molar-refractivity contribution in [1.82, 2.24) is 4.90 Å². The molecule has 2 aromatic rings. The Morgan fingerprint density at radius 2 is 1.55 bits per heavy atom. The Morgan fingerprint density at radius 1 is 0.955 bits per heavy atom. The van der Waals surface area contributed by atoms with E-state index in [2.05, 4.69) is 60.8 Å². The second kappa shape index (κ2) is 11.8. The first-order chi connectivity index (χ1) is 20.6. The maximum Gasteiger partial charge on any atom is 0.262 e. The highest BCUT2D eigenvalue weighted by Gasteiger charge is 2.48. The van der Waals surface area contributed by atoms with Crippen LogP contribution in [0.5, 0.6) is 11.5 Å². The van der Waals surface area contributed by atoms with Gasteiger partial charge < -0.3 is 19.7 Å². The highest BCUT2D eigenvalue weighted by molar-refractivity contribution is 9.10. The molecule has 2 aliphatic carbocycles. The van der Waals surface area contributed by atoms with Crippen LogP contribution in [0.25, 0.3) is 0 Å². The zero-order valence-corrected chi connectivity index (χ0v) is 28.7. The van der Waals surface area contributed by atoms with E-state index in [1.807, 2.05) is 44.2 Å². The molecule has 1 N–H and O–H groups in total. The molecule has 0 saturated heterocycles. The molecule has 5 rings (SSSR count). The van der Waals surface area contributed by atoms with Crippen molar-refractivity contribution in [3.63, 3.8) is 0 Å². The molecule has 0 spiro atoms. The van der Waals surface area contributed by atoms with Gasteiger partial charge in [-0.25, -0.2) is 0 Å². The molecule has 0 aromatic heterocycles. The smallest absolute Gasteiger partial charge is 0.262 e. The van der Waals surface area contributed by atoms with Gasteiger partial charge in [0.05, 0.1) is 11.6 Å².